The number of hydrogen-bond donors (Lipinski definition) is 1. The molecule has 1 N–H and O–H groups in total. The fourth-order valence-electron chi connectivity index (χ4n) is 2.34. The van der Waals surface area contributed by atoms with Crippen LogP contribution in [-0.2, 0) is 9.53 Å². The molecule has 5 heteroatoms. The van der Waals surface area contributed by atoms with Gasteiger partial charge in [-0.25, -0.2) is 4.79 Å². The minimum atomic E-state index is -0.379. The zero-order valence-electron chi connectivity index (χ0n) is 16.0. The van der Waals surface area contributed by atoms with E-state index >= 15 is 0 Å². The summed E-state index contributed by atoms with van der Waals surface area (Å²) in [4.78, 5) is 11.0. The number of ether oxygens (including phenoxy) is 3. The normalized spacial score (nSPS) is 12.9. The van der Waals surface area contributed by atoms with Crippen molar-refractivity contribution in [3.8, 4) is 11.5 Å². The third-order valence-electron chi connectivity index (χ3n) is 4.21. The highest BCUT2D eigenvalue weighted by Crippen LogP contribution is 2.21. The number of carbonyl (C=O) groups is 1. The first-order chi connectivity index (χ1) is 12.5. The Labute approximate surface area is 157 Å². The van der Waals surface area contributed by atoms with E-state index in [1.54, 1.807) is 0 Å². The molecule has 0 fully saturated rings. The minimum absolute atomic E-state index is 0.222. The van der Waals surface area contributed by atoms with Crippen molar-refractivity contribution in [2.24, 2.45) is 11.8 Å². The highest BCUT2D eigenvalue weighted by Gasteiger charge is 2.06. The molecule has 0 spiro atoms. The van der Waals surface area contributed by atoms with Crippen molar-refractivity contribution >= 4 is 5.97 Å². The lowest BCUT2D eigenvalue weighted by Gasteiger charge is -2.14. The molecule has 0 aromatic heterocycles. The van der Waals surface area contributed by atoms with E-state index in [2.05, 4.69) is 20.4 Å². The molecule has 2 unspecified atom stereocenters. The van der Waals surface area contributed by atoms with Gasteiger partial charge in [-0.05, 0) is 49.7 Å². The molecular weight excluding hydrogens is 332 g/mol. The second-order valence-corrected chi connectivity index (χ2v) is 6.63. The molecule has 26 heavy (non-hydrogen) atoms. The molecule has 1 aromatic carbocycles. The zero-order chi connectivity index (χ0) is 19.2. The smallest absolute Gasteiger partial charge is 0.330 e. The number of carbonyl (C=O) groups excluding carboxylic acids is 1. The summed E-state index contributed by atoms with van der Waals surface area (Å²) in [6.45, 7) is 9.45. The van der Waals surface area contributed by atoms with E-state index in [-0.39, 0.29) is 12.6 Å². The molecule has 146 valence electrons. The van der Waals surface area contributed by atoms with Crippen molar-refractivity contribution in [1.29, 1.82) is 0 Å². The van der Waals surface area contributed by atoms with Crippen LogP contribution in [0, 0.1) is 11.8 Å². The van der Waals surface area contributed by atoms with Gasteiger partial charge in [0.25, 0.3) is 0 Å². The maximum atomic E-state index is 11.0. The second-order valence-electron chi connectivity index (χ2n) is 6.63. The quantitative estimate of drug-likeness (QED) is 0.399. The van der Waals surface area contributed by atoms with Gasteiger partial charge >= 0.3 is 5.97 Å². The minimum Gasteiger partial charge on any atom is -0.493 e. The molecule has 0 aliphatic carbocycles. The molecule has 0 amide bonds. The molecule has 0 heterocycles. The number of hydrogen-bond acceptors (Lipinski definition) is 5. The highest BCUT2D eigenvalue weighted by atomic mass is 16.5. The Balaban J connectivity index is 2.24. The van der Waals surface area contributed by atoms with E-state index in [4.69, 9.17) is 19.3 Å². The first-order valence-corrected chi connectivity index (χ1v) is 9.30. The van der Waals surface area contributed by atoms with E-state index in [0.29, 0.717) is 31.7 Å². The number of aliphatic hydroxyl groups excluding tert-OH is 1. The van der Waals surface area contributed by atoms with Crippen molar-refractivity contribution in [2.45, 2.75) is 39.5 Å². The maximum absolute atomic E-state index is 11.0. The summed E-state index contributed by atoms with van der Waals surface area (Å²) in [5.74, 6) is 2.06. The fraction of sp³-hybridized carbons (Fsp3) is 0.571. The van der Waals surface area contributed by atoms with Crippen LogP contribution in [0.5, 0.6) is 11.5 Å². The molecule has 0 radical (unpaired) electrons. The van der Waals surface area contributed by atoms with Gasteiger partial charge in [0.15, 0.2) is 0 Å². The van der Waals surface area contributed by atoms with E-state index in [1.165, 1.54) is 6.08 Å². The number of aliphatic hydroxyl groups is 1. The molecule has 1 aromatic rings. The van der Waals surface area contributed by atoms with Crippen LogP contribution in [0.2, 0.25) is 0 Å². The first kappa shape index (κ1) is 22.0. The Bertz CT molecular complexity index is 529. The molecule has 0 aliphatic heterocycles. The Morgan fingerprint density at radius 3 is 2.12 bits per heavy atom. The molecule has 1 rings (SSSR count). The van der Waals surface area contributed by atoms with Gasteiger partial charge in [0, 0.05) is 18.7 Å². The third kappa shape index (κ3) is 10.1. The van der Waals surface area contributed by atoms with E-state index in [0.717, 1.165) is 37.2 Å². The van der Waals surface area contributed by atoms with Gasteiger partial charge in [-0.2, -0.15) is 0 Å². The van der Waals surface area contributed by atoms with Crippen molar-refractivity contribution < 1.29 is 24.1 Å². The van der Waals surface area contributed by atoms with Gasteiger partial charge in [-0.15, -0.1) is 0 Å². The molecular formula is C21H32O5. The SMILES string of the molecule is C=CC(=O)OCCC(C)CCOc1cccc(OCCC(C)CCO)c1. The van der Waals surface area contributed by atoms with E-state index in [9.17, 15) is 4.79 Å². The summed E-state index contributed by atoms with van der Waals surface area (Å²) < 4.78 is 16.5. The van der Waals surface area contributed by atoms with Crippen LogP contribution in [0.25, 0.3) is 0 Å². The van der Waals surface area contributed by atoms with Gasteiger partial charge < -0.3 is 19.3 Å². The first-order valence-electron chi connectivity index (χ1n) is 9.30. The maximum Gasteiger partial charge on any atom is 0.330 e. The molecule has 0 saturated carbocycles. The summed E-state index contributed by atoms with van der Waals surface area (Å²) in [6.07, 6.45) is 4.58. The summed E-state index contributed by atoms with van der Waals surface area (Å²) in [6, 6.07) is 7.64. The van der Waals surface area contributed by atoms with E-state index in [1.807, 2.05) is 24.3 Å². The van der Waals surface area contributed by atoms with Crippen LogP contribution in [0.4, 0.5) is 0 Å². The van der Waals surface area contributed by atoms with Crippen LogP contribution >= 0.6 is 0 Å². The molecule has 0 aliphatic rings. The molecule has 0 bridgehead atoms. The largest absolute Gasteiger partial charge is 0.493 e. The summed E-state index contributed by atoms with van der Waals surface area (Å²) in [5, 5.41) is 8.91. The Morgan fingerprint density at radius 2 is 1.58 bits per heavy atom. The molecule has 5 nitrogen and oxygen atoms in total. The van der Waals surface area contributed by atoms with Crippen molar-refractivity contribution in [2.75, 3.05) is 26.4 Å². The average molecular weight is 364 g/mol. The Hall–Kier alpha value is -2.01. The number of rotatable bonds is 14. The van der Waals surface area contributed by atoms with Gasteiger partial charge in [-0.3, -0.25) is 0 Å². The summed E-state index contributed by atoms with van der Waals surface area (Å²) >= 11 is 0. The summed E-state index contributed by atoms with van der Waals surface area (Å²) in [5.41, 5.74) is 0. The van der Waals surface area contributed by atoms with Gasteiger partial charge in [0.05, 0.1) is 19.8 Å². The number of benzene rings is 1. The van der Waals surface area contributed by atoms with Crippen molar-refractivity contribution in [3.05, 3.63) is 36.9 Å². The van der Waals surface area contributed by atoms with Crippen LogP contribution in [0.3, 0.4) is 0 Å². The third-order valence-corrected chi connectivity index (χ3v) is 4.21. The standard InChI is InChI=1S/C21H32O5/c1-4-21(23)26-15-11-18(3)10-14-25-20-7-5-6-19(16-20)24-13-9-17(2)8-12-22/h4-7,16-18,22H,1,8-15H2,2-3H3. The lowest BCUT2D eigenvalue weighted by Crippen LogP contribution is -2.09. The highest BCUT2D eigenvalue weighted by molar-refractivity contribution is 5.81. The fourth-order valence-corrected chi connectivity index (χ4v) is 2.34. The Kier molecular flexibility index (Phi) is 11.2. The predicted octanol–water partition coefficient (Wildman–Crippen LogP) is 4.00. The van der Waals surface area contributed by atoms with Crippen LogP contribution < -0.4 is 9.47 Å². The van der Waals surface area contributed by atoms with Crippen LogP contribution in [-0.4, -0.2) is 37.5 Å². The monoisotopic (exact) mass is 364 g/mol. The lowest BCUT2D eigenvalue weighted by atomic mass is 10.1. The van der Waals surface area contributed by atoms with Gasteiger partial charge in [0.1, 0.15) is 11.5 Å². The molecule has 2 atom stereocenters. The predicted molar refractivity (Wildman–Crippen MR) is 102 cm³/mol. The Morgan fingerprint density at radius 1 is 1.04 bits per heavy atom. The number of esters is 1. The van der Waals surface area contributed by atoms with Gasteiger partial charge in [0.2, 0.25) is 0 Å². The second kappa shape index (κ2) is 13.2. The topological polar surface area (TPSA) is 65.0 Å². The van der Waals surface area contributed by atoms with Crippen molar-refractivity contribution in [3.63, 3.8) is 0 Å². The molecule has 0 saturated heterocycles. The zero-order valence-corrected chi connectivity index (χ0v) is 16.0. The van der Waals surface area contributed by atoms with Crippen molar-refractivity contribution in [1.82, 2.24) is 0 Å². The average Bonchev–Trinajstić information content (AvgIpc) is 2.62. The lowest BCUT2D eigenvalue weighted by molar-refractivity contribution is -0.138. The summed E-state index contributed by atoms with van der Waals surface area (Å²) in [7, 11) is 0. The van der Waals surface area contributed by atoms with Crippen LogP contribution in [0.15, 0.2) is 36.9 Å². The van der Waals surface area contributed by atoms with Crippen LogP contribution in [0.1, 0.15) is 39.5 Å². The van der Waals surface area contributed by atoms with E-state index < -0.39 is 0 Å². The van der Waals surface area contributed by atoms with Gasteiger partial charge in [-0.1, -0.05) is 26.5 Å².